The molecule has 10 heteroatoms. The number of carboxylic acid groups (broad SMARTS) is 1. The maximum absolute atomic E-state index is 13.6. The summed E-state index contributed by atoms with van der Waals surface area (Å²) in [7, 11) is 0. The van der Waals surface area contributed by atoms with E-state index in [-0.39, 0.29) is 24.5 Å². The summed E-state index contributed by atoms with van der Waals surface area (Å²) in [5.74, 6) is -1.08. The van der Waals surface area contributed by atoms with Gasteiger partial charge in [0.2, 0.25) is 0 Å². The Hall–Kier alpha value is -2.59. The highest BCUT2D eigenvalue weighted by atomic mass is 32.1. The Morgan fingerprint density at radius 2 is 1.88 bits per heavy atom. The Morgan fingerprint density at radius 1 is 1.12 bits per heavy atom. The molecule has 0 atom stereocenters. The van der Waals surface area contributed by atoms with E-state index in [1.54, 1.807) is 23.6 Å². The quantitative estimate of drug-likeness (QED) is 0.227. The predicted molar refractivity (Wildman–Crippen MR) is 130 cm³/mol. The van der Waals surface area contributed by atoms with Crippen molar-refractivity contribution < 1.29 is 27.8 Å². The van der Waals surface area contributed by atoms with E-state index >= 15 is 0 Å². The van der Waals surface area contributed by atoms with Gasteiger partial charge in [-0.25, -0.2) is 4.98 Å². The number of ether oxygens (including phenoxy) is 1. The number of halogens is 3. The molecule has 0 aliphatic carbocycles. The number of unbranched alkanes of at least 4 members (excludes halogenated alkanes) is 5. The molecule has 2 heterocycles. The first-order valence-electron chi connectivity index (χ1n) is 11.1. The molecule has 3 rings (SSSR count). The molecule has 0 spiro atoms. The van der Waals surface area contributed by atoms with E-state index in [1.165, 1.54) is 35.2 Å². The Balaban J connectivity index is 1.64. The zero-order valence-corrected chi connectivity index (χ0v) is 20.4. The summed E-state index contributed by atoms with van der Waals surface area (Å²) in [5, 5.41) is 14.1. The second kappa shape index (κ2) is 12.2. The van der Waals surface area contributed by atoms with E-state index in [4.69, 9.17) is 9.84 Å². The normalized spacial score (nSPS) is 11.5. The van der Waals surface area contributed by atoms with Gasteiger partial charge in [0, 0.05) is 15.9 Å². The van der Waals surface area contributed by atoms with Crippen molar-refractivity contribution in [3.05, 3.63) is 46.2 Å². The van der Waals surface area contributed by atoms with Gasteiger partial charge < -0.3 is 15.2 Å². The highest BCUT2D eigenvalue weighted by molar-refractivity contribution is 7.17. The van der Waals surface area contributed by atoms with Crippen LogP contribution < -0.4 is 10.1 Å². The van der Waals surface area contributed by atoms with E-state index in [2.05, 4.69) is 17.2 Å². The lowest BCUT2D eigenvalue weighted by Crippen LogP contribution is -2.10. The number of alkyl halides is 3. The third kappa shape index (κ3) is 7.73. The third-order valence-corrected chi connectivity index (χ3v) is 6.90. The van der Waals surface area contributed by atoms with Crippen molar-refractivity contribution in [2.24, 2.45) is 0 Å². The molecule has 184 valence electrons. The predicted octanol–water partition coefficient (Wildman–Crippen LogP) is 8.00. The van der Waals surface area contributed by atoms with Crippen LogP contribution in [0.3, 0.4) is 0 Å². The first-order valence-corrected chi connectivity index (χ1v) is 12.8. The molecule has 0 amide bonds. The first-order chi connectivity index (χ1) is 16.3. The molecular weight excluding hydrogens is 485 g/mol. The molecule has 0 bridgehead atoms. The topological polar surface area (TPSA) is 71.5 Å². The van der Waals surface area contributed by atoms with Gasteiger partial charge in [-0.05, 0) is 36.8 Å². The maximum atomic E-state index is 13.6. The molecule has 0 saturated carbocycles. The molecule has 0 aliphatic rings. The SMILES string of the molecule is CCCCCCCCOc1ccc(Nc2nc(-c3ccc(CC(=O)O)s3)cs2)cc1C(F)(F)F. The Labute approximate surface area is 204 Å². The van der Waals surface area contributed by atoms with Crippen LogP contribution in [0.4, 0.5) is 24.0 Å². The number of aliphatic carboxylic acids is 1. The van der Waals surface area contributed by atoms with Crippen molar-refractivity contribution in [3.8, 4) is 16.3 Å². The van der Waals surface area contributed by atoms with Gasteiger partial charge in [0.1, 0.15) is 5.75 Å². The van der Waals surface area contributed by atoms with Crippen LogP contribution >= 0.6 is 22.7 Å². The maximum Gasteiger partial charge on any atom is 0.420 e. The van der Waals surface area contributed by atoms with Crippen molar-refractivity contribution >= 4 is 39.5 Å². The van der Waals surface area contributed by atoms with Gasteiger partial charge >= 0.3 is 12.1 Å². The lowest BCUT2D eigenvalue weighted by atomic mass is 10.1. The van der Waals surface area contributed by atoms with Gasteiger partial charge in [0.05, 0.1) is 29.2 Å². The van der Waals surface area contributed by atoms with Crippen LogP contribution in [0, 0.1) is 0 Å². The van der Waals surface area contributed by atoms with Gasteiger partial charge in [0.25, 0.3) is 0 Å². The van der Waals surface area contributed by atoms with Gasteiger partial charge in [0.15, 0.2) is 5.13 Å². The van der Waals surface area contributed by atoms with E-state index in [1.807, 2.05) is 0 Å². The first kappa shape index (κ1) is 26.0. The molecule has 2 aromatic heterocycles. The number of hydrogen-bond acceptors (Lipinski definition) is 6. The highest BCUT2D eigenvalue weighted by Gasteiger charge is 2.34. The van der Waals surface area contributed by atoms with Crippen LogP contribution in [0.5, 0.6) is 5.75 Å². The minimum absolute atomic E-state index is 0.0621. The summed E-state index contributed by atoms with van der Waals surface area (Å²) in [6.45, 7) is 2.39. The van der Waals surface area contributed by atoms with E-state index in [9.17, 15) is 18.0 Å². The summed E-state index contributed by atoms with van der Waals surface area (Å²) >= 11 is 2.59. The fourth-order valence-corrected chi connectivity index (χ4v) is 5.11. The van der Waals surface area contributed by atoms with Gasteiger partial charge in [-0.3, -0.25) is 4.79 Å². The van der Waals surface area contributed by atoms with E-state index < -0.39 is 17.7 Å². The zero-order chi connectivity index (χ0) is 24.6. The van der Waals surface area contributed by atoms with Crippen molar-refractivity contribution in [2.45, 2.75) is 58.0 Å². The van der Waals surface area contributed by atoms with Gasteiger partial charge in [-0.15, -0.1) is 22.7 Å². The number of nitrogens with one attached hydrogen (secondary N) is 1. The average Bonchev–Trinajstić information content (AvgIpc) is 3.42. The van der Waals surface area contributed by atoms with Gasteiger partial charge in [-0.1, -0.05) is 39.0 Å². The molecular formula is C24H27F3N2O3S2. The number of carbonyl (C=O) groups is 1. The molecule has 1 aromatic carbocycles. The van der Waals surface area contributed by atoms with Crippen LogP contribution in [-0.4, -0.2) is 22.7 Å². The van der Waals surface area contributed by atoms with Crippen LogP contribution in [0.1, 0.15) is 55.9 Å². The van der Waals surface area contributed by atoms with E-state index in [0.29, 0.717) is 15.7 Å². The van der Waals surface area contributed by atoms with Crippen molar-refractivity contribution in [1.82, 2.24) is 4.98 Å². The molecule has 0 radical (unpaired) electrons. The van der Waals surface area contributed by atoms with Crippen LogP contribution in [0.2, 0.25) is 0 Å². The Bertz CT molecular complexity index is 1080. The number of nitrogens with zero attached hydrogens (tertiary/aromatic N) is 1. The lowest BCUT2D eigenvalue weighted by molar-refractivity contribution is -0.139. The number of thiophene rings is 1. The minimum atomic E-state index is -4.54. The summed E-state index contributed by atoms with van der Waals surface area (Å²) in [6.07, 6.45) is 1.58. The number of benzene rings is 1. The largest absolute Gasteiger partial charge is 0.493 e. The Kier molecular flexibility index (Phi) is 9.35. The molecule has 3 aromatic rings. The monoisotopic (exact) mass is 512 g/mol. The summed E-state index contributed by atoms with van der Waals surface area (Å²) < 4.78 is 46.4. The summed E-state index contributed by atoms with van der Waals surface area (Å²) in [6, 6.07) is 7.45. The fraction of sp³-hybridized carbons (Fsp3) is 0.417. The molecule has 34 heavy (non-hydrogen) atoms. The molecule has 0 fully saturated rings. The molecule has 0 aliphatic heterocycles. The van der Waals surface area contributed by atoms with Crippen molar-refractivity contribution in [3.63, 3.8) is 0 Å². The highest BCUT2D eigenvalue weighted by Crippen LogP contribution is 2.39. The van der Waals surface area contributed by atoms with Crippen molar-refractivity contribution in [1.29, 1.82) is 0 Å². The standard InChI is InChI=1S/C24H27F3N2O3S2/c1-2-3-4-5-6-7-12-32-20-10-8-16(13-18(20)24(25,26)27)28-23-29-19(15-33-23)21-11-9-17(34-21)14-22(30)31/h8-11,13,15H,2-7,12,14H2,1H3,(H,28,29)(H,30,31). The number of hydrogen-bond donors (Lipinski definition) is 2. The van der Waals surface area contributed by atoms with Crippen LogP contribution in [0.15, 0.2) is 35.7 Å². The van der Waals surface area contributed by atoms with Crippen LogP contribution in [-0.2, 0) is 17.4 Å². The number of rotatable bonds is 13. The molecule has 0 saturated heterocycles. The summed E-state index contributed by atoms with van der Waals surface area (Å²) in [4.78, 5) is 16.8. The number of anilines is 2. The van der Waals surface area contributed by atoms with Gasteiger partial charge in [-0.2, -0.15) is 13.2 Å². The van der Waals surface area contributed by atoms with E-state index in [0.717, 1.165) is 43.0 Å². The number of thiazole rings is 1. The third-order valence-electron chi connectivity index (χ3n) is 5.04. The zero-order valence-electron chi connectivity index (χ0n) is 18.8. The van der Waals surface area contributed by atoms with Crippen LogP contribution in [0.25, 0.3) is 10.6 Å². The molecule has 5 nitrogen and oxygen atoms in total. The number of aromatic nitrogens is 1. The second-order valence-corrected chi connectivity index (χ2v) is 9.85. The Morgan fingerprint density at radius 3 is 2.62 bits per heavy atom. The minimum Gasteiger partial charge on any atom is -0.493 e. The smallest absolute Gasteiger partial charge is 0.420 e. The molecule has 0 unspecified atom stereocenters. The lowest BCUT2D eigenvalue weighted by Gasteiger charge is -2.15. The fourth-order valence-electron chi connectivity index (χ4n) is 3.35. The average molecular weight is 513 g/mol. The van der Waals surface area contributed by atoms with Crippen molar-refractivity contribution in [2.75, 3.05) is 11.9 Å². The number of carboxylic acids is 1. The molecule has 2 N–H and O–H groups in total. The second-order valence-electron chi connectivity index (χ2n) is 7.82. The summed E-state index contributed by atoms with van der Waals surface area (Å²) in [5.41, 5.74) is 0.0822.